The van der Waals surface area contributed by atoms with Gasteiger partial charge in [-0.25, -0.2) is 0 Å². The van der Waals surface area contributed by atoms with Gasteiger partial charge in [0.05, 0.1) is 5.92 Å². The Morgan fingerprint density at radius 3 is 2.25 bits per heavy atom. The van der Waals surface area contributed by atoms with Gasteiger partial charge in [0.15, 0.2) is 0 Å². The van der Waals surface area contributed by atoms with Crippen molar-refractivity contribution in [1.82, 2.24) is 9.80 Å². The van der Waals surface area contributed by atoms with E-state index in [2.05, 4.69) is 23.8 Å². The van der Waals surface area contributed by atoms with Crippen molar-refractivity contribution in [1.29, 1.82) is 0 Å². The van der Waals surface area contributed by atoms with Crippen LogP contribution in [0, 0.1) is 0 Å². The Labute approximate surface area is 126 Å². The van der Waals surface area contributed by atoms with Crippen molar-refractivity contribution in [2.75, 3.05) is 40.3 Å². The molecule has 1 atom stereocenters. The van der Waals surface area contributed by atoms with Crippen molar-refractivity contribution in [3.8, 4) is 0 Å². The third-order valence-corrected chi connectivity index (χ3v) is 3.77. The summed E-state index contributed by atoms with van der Waals surface area (Å²) in [5.41, 5.74) is 6.44. The van der Waals surface area contributed by atoms with Gasteiger partial charge in [-0.2, -0.15) is 0 Å². The number of rotatable bonds is 8. The van der Waals surface area contributed by atoms with E-state index in [4.69, 9.17) is 17.3 Å². The molecule has 1 amide bonds. The van der Waals surface area contributed by atoms with Gasteiger partial charge >= 0.3 is 0 Å². The number of benzene rings is 1. The Morgan fingerprint density at radius 1 is 1.20 bits per heavy atom. The van der Waals surface area contributed by atoms with Crippen LogP contribution in [0.15, 0.2) is 24.3 Å². The SMILES string of the molecule is CCN(C)CCN(C)C[C@@H](C(N)=O)c1ccc(Cl)cc1. The fourth-order valence-corrected chi connectivity index (χ4v) is 2.08. The van der Waals surface area contributed by atoms with Gasteiger partial charge in [-0.3, -0.25) is 4.79 Å². The lowest BCUT2D eigenvalue weighted by Crippen LogP contribution is -2.36. The standard InChI is InChI=1S/C15H24ClN3O/c1-4-18(2)9-10-19(3)11-14(15(17)20)12-5-7-13(16)8-6-12/h5-8,14H,4,9-11H2,1-3H3,(H2,17,20)/t14-/m1/s1. The number of hydrogen-bond donors (Lipinski definition) is 1. The second kappa shape index (κ2) is 8.25. The fourth-order valence-electron chi connectivity index (χ4n) is 1.96. The Morgan fingerprint density at radius 2 is 1.75 bits per heavy atom. The average molecular weight is 298 g/mol. The molecule has 1 aromatic rings. The molecule has 1 rings (SSSR count). The molecule has 5 heteroatoms. The summed E-state index contributed by atoms with van der Waals surface area (Å²) in [6.07, 6.45) is 0. The van der Waals surface area contributed by atoms with Crippen LogP contribution in [-0.2, 0) is 4.79 Å². The molecule has 0 bridgehead atoms. The molecule has 0 aliphatic heterocycles. The predicted molar refractivity (Wildman–Crippen MR) is 84.1 cm³/mol. The summed E-state index contributed by atoms with van der Waals surface area (Å²) >= 11 is 5.87. The molecule has 0 radical (unpaired) electrons. The number of carbonyl (C=O) groups excluding carboxylic acids is 1. The molecule has 20 heavy (non-hydrogen) atoms. The maximum Gasteiger partial charge on any atom is 0.226 e. The first kappa shape index (κ1) is 17.0. The van der Waals surface area contributed by atoms with Crippen molar-refractivity contribution in [2.24, 2.45) is 5.73 Å². The minimum atomic E-state index is -0.303. The number of nitrogens with zero attached hydrogens (tertiary/aromatic N) is 2. The van der Waals surface area contributed by atoms with E-state index < -0.39 is 0 Å². The van der Waals surface area contributed by atoms with Crippen molar-refractivity contribution in [2.45, 2.75) is 12.8 Å². The first-order chi connectivity index (χ1) is 9.43. The van der Waals surface area contributed by atoms with E-state index >= 15 is 0 Å². The van der Waals surface area contributed by atoms with Crippen LogP contribution in [0.2, 0.25) is 5.02 Å². The summed E-state index contributed by atoms with van der Waals surface area (Å²) < 4.78 is 0. The van der Waals surface area contributed by atoms with Gasteiger partial charge in [-0.15, -0.1) is 0 Å². The van der Waals surface area contributed by atoms with E-state index in [1.165, 1.54) is 0 Å². The van der Waals surface area contributed by atoms with Crippen LogP contribution < -0.4 is 5.73 Å². The summed E-state index contributed by atoms with van der Waals surface area (Å²) in [5.74, 6) is -0.604. The Balaban J connectivity index is 2.63. The Bertz CT molecular complexity index is 422. The van der Waals surface area contributed by atoms with Gasteiger partial charge in [0.25, 0.3) is 0 Å². The topological polar surface area (TPSA) is 49.6 Å². The third kappa shape index (κ3) is 5.49. The second-order valence-corrected chi connectivity index (χ2v) is 5.60. The zero-order valence-electron chi connectivity index (χ0n) is 12.5. The second-order valence-electron chi connectivity index (χ2n) is 5.16. The lowest BCUT2D eigenvalue weighted by Gasteiger charge is -2.24. The highest BCUT2D eigenvalue weighted by Gasteiger charge is 2.19. The van der Waals surface area contributed by atoms with E-state index in [9.17, 15) is 4.79 Å². The van der Waals surface area contributed by atoms with Gasteiger partial charge in [0.2, 0.25) is 5.91 Å². The molecule has 0 spiro atoms. The summed E-state index contributed by atoms with van der Waals surface area (Å²) in [6, 6.07) is 7.31. The van der Waals surface area contributed by atoms with Crippen molar-refractivity contribution in [3.63, 3.8) is 0 Å². The Kier molecular flexibility index (Phi) is 6.99. The molecule has 0 saturated carbocycles. The first-order valence-electron chi connectivity index (χ1n) is 6.86. The third-order valence-electron chi connectivity index (χ3n) is 3.51. The van der Waals surface area contributed by atoms with Gasteiger partial charge < -0.3 is 15.5 Å². The average Bonchev–Trinajstić information content (AvgIpc) is 2.43. The maximum atomic E-state index is 11.7. The molecule has 0 heterocycles. The van der Waals surface area contributed by atoms with Crippen molar-refractivity contribution >= 4 is 17.5 Å². The van der Waals surface area contributed by atoms with Gasteiger partial charge in [0, 0.05) is 24.7 Å². The molecule has 1 aromatic carbocycles. The quantitative estimate of drug-likeness (QED) is 0.796. The van der Waals surface area contributed by atoms with E-state index in [-0.39, 0.29) is 11.8 Å². The van der Waals surface area contributed by atoms with E-state index in [0.717, 1.165) is 25.2 Å². The number of halogens is 1. The largest absolute Gasteiger partial charge is 0.369 e. The molecule has 0 aromatic heterocycles. The van der Waals surface area contributed by atoms with Crippen LogP contribution in [0.25, 0.3) is 0 Å². The van der Waals surface area contributed by atoms with Crippen molar-refractivity contribution in [3.05, 3.63) is 34.9 Å². The molecule has 0 unspecified atom stereocenters. The minimum Gasteiger partial charge on any atom is -0.369 e. The zero-order valence-corrected chi connectivity index (χ0v) is 13.2. The molecule has 0 saturated heterocycles. The number of nitrogens with two attached hydrogens (primary N) is 1. The maximum absolute atomic E-state index is 11.7. The molecular weight excluding hydrogens is 274 g/mol. The summed E-state index contributed by atoms with van der Waals surface area (Å²) in [5, 5.41) is 0.662. The fraction of sp³-hybridized carbons (Fsp3) is 0.533. The summed E-state index contributed by atoms with van der Waals surface area (Å²) in [6.45, 7) is 5.64. The molecule has 2 N–H and O–H groups in total. The monoisotopic (exact) mass is 297 g/mol. The van der Waals surface area contributed by atoms with Gasteiger partial charge in [-0.1, -0.05) is 30.7 Å². The highest BCUT2D eigenvalue weighted by Crippen LogP contribution is 2.19. The van der Waals surface area contributed by atoms with Crippen LogP contribution in [-0.4, -0.2) is 56.0 Å². The lowest BCUT2D eigenvalue weighted by molar-refractivity contribution is -0.119. The predicted octanol–water partition coefficient (Wildman–Crippen LogP) is 1.79. The van der Waals surface area contributed by atoms with Gasteiger partial charge in [0.1, 0.15) is 0 Å². The normalized spacial score (nSPS) is 12.9. The van der Waals surface area contributed by atoms with E-state index in [0.29, 0.717) is 11.6 Å². The van der Waals surface area contributed by atoms with E-state index in [1.54, 1.807) is 12.1 Å². The van der Waals surface area contributed by atoms with Crippen LogP contribution in [0.3, 0.4) is 0 Å². The number of hydrogen-bond acceptors (Lipinski definition) is 3. The molecule has 0 fully saturated rings. The van der Waals surface area contributed by atoms with Crippen LogP contribution in [0.5, 0.6) is 0 Å². The summed E-state index contributed by atoms with van der Waals surface area (Å²) in [7, 11) is 4.09. The van der Waals surface area contributed by atoms with Crippen molar-refractivity contribution < 1.29 is 4.79 Å². The summed E-state index contributed by atoms with van der Waals surface area (Å²) in [4.78, 5) is 16.0. The highest BCUT2D eigenvalue weighted by molar-refractivity contribution is 6.30. The first-order valence-corrected chi connectivity index (χ1v) is 7.23. The van der Waals surface area contributed by atoms with Crippen LogP contribution in [0.1, 0.15) is 18.4 Å². The zero-order chi connectivity index (χ0) is 15.1. The number of likely N-dealkylation sites (N-methyl/N-ethyl adjacent to an activating group) is 2. The lowest BCUT2D eigenvalue weighted by atomic mass is 9.98. The number of primary amides is 1. The molecular formula is C15H24ClN3O. The Hall–Kier alpha value is -1.10. The highest BCUT2D eigenvalue weighted by atomic mass is 35.5. The smallest absolute Gasteiger partial charge is 0.226 e. The number of carbonyl (C=O) groups is 1. The van der Waals surface area contributed by atoms with Gasteiger partial charge in [-0.05, 0) is 38.3 Å². The molecule has 4 nitrogen and oxygen atoms in total. The van der Waals surface area contributed by atoms with Crippen LogP contribution in [0.4, 0.5) is 0 Å². The minimum absolute atomic E-state index is 0.302. The van der Waals surface area contributed by atoms with Crippen LogP contribution >= 0.6 is 11.6 Å². The molecule has 112 valence electrons. The molecule has 0 aliphatic carbocycles. The molecule has 0 aliphatic rings. The van der Waals surface area contributed by atoms with E-state index in [1.807, 2.05) is 19.2 Å². The number of amides is 1.